The first-order valence-corrected chi connectivity index (χ1v) is 46.3. The van der Waals surface area contributed by atoms with Gasteiger partial charge in [0.2, 0.25) is 23.6 Å². The maximum Gasteiger partial charge on any atom is 1.00 e. The van der Waals surface area contributed by atoms with E-state index in [2.05, 4.69) is 104 Å². The monoisotopic (exact) mass is 2080 g/mol. The molecule has 42 heteroatoms. The molecule has 12 rings (SSSR count). The molecule has 139 heavy (non-hydrogen) atoms. The van der Waals surface area contributed by atoms with Crippen LogP contribution >= 0.6 is 81.0 Å². The second-order valence-corrected chi connectivity index (χ2v) is 35.6. The van der Waals surface area contributed by atoms with Gasteiger partial charge in [-0.15, -0.1) is 0 Å². The van der Waals surface area contributed by atoms with Gasteiger partial charge in [0.05, 0.1) is 31.0 Å². The number of ether oxygens (including phenoxy) is 6. The Hall–Kier alpha value is -6.71. The molecule has 8 aliphatic rings. The van der Waals surface area contributed by atoms with Crippen LogP contribution in [0.1, 0.15) is 194 Å². The third-order valence-corrected chi connectivity index (χ3v) is 26.1. The maximum absolute atomic E-state index is 13.2. The summed E-state index contributed by atoms with van der Waals surface area (Å²) >= 11 is 0. The summed E-state index contributed by atoms with van der Waals surface area (Å²) in [6.07, 6.45) is 6.35. The Labute approximate surface area is 907 Å². The third-order valence-electron chi connectivity index (χ3n) is 26.1. The molecule has 4 heterocycles. The normalized spacial score (nSPS) is 23.2. The van der Waals surface area contributed by atoms with Crippen molar-refractivity contribution in [1.29, 1.82) is 0 Å². The van der Waals surface area contributed by atoms with Gasteiger partial charge in [-0.1, -0.05) is 135 Å². The van der Waals surface area contributed by atoms with Crippen LogP contribution in [-0.2, 0) is 98.0 Å². The van der Waals surface area contributed by atoms with E-state index in [9.17, 15) is 72.5 Å². The molecule has 4 saturated heterocycles. The average Bonchev–Trinajstić information content (AvgIpc) is 1.69. The zero-order chi connectivity index (χ0) is 96.1. The minimum absolute atomic E-state index is 0. The van der Waals surface area contributed by atoms with Crippen LogP contribution in [0.5, 0.6) is 0 Å². The summed E-state index contributed by atoms with van der Waals surface area (Å²) < 4.78 is 31.4. The molecule has 8 fully saturated rings. The van der Waals surface area contributed by atoms with Crippen molar-refractivity contribution in [2.24, 2.45) is 23.7 Å². The van der Waals surface area contributed by atoms with Crippen molar-refractivity contribution in [3.8, 4) is 0 Å². The van der Waals surface area contributed by atoms with Gasteiger partial charge in [0.25, 0.3) is 0 Å². The molecule has 4 aliphatic heterocycles. The summed E-state index contributed by atoms with van der Waals surface area (Å²) in [5.74, 6) is -5.86. The standard InChI is InChI=1S/C25H37N3O5.2C23H33N3O5.C21H26N2O6.C4H11N.CH3O.2Na.6H2S/c1-5-32-24(30)20-15-19(27(4)17(2)3)11-12-22(20)28-14-13-21(23(28)29)26-25(31)33-16-18-9-7-6-8-10-18;2*1-15(2)25(3)17-9-10-20(18(13-17)22(28)29)26-12-11-19(21(26)27)24-23(30)31-14-16-7-5-4-6-8-16;1-2-28-20(26)16-12-15(24)8-9-18(16)23-11-10-17(19(23)25)22-21(27)29-13-14-6-4-3-5-7-14;1-4(2)5-3;1-2;;;;;;;;/h6-10,17,19-22H,5,11-16H2,1-4H3,(H,26,31);2*4-8,15,17-20H,9-14H2,1-3H3,(H,24,30)(H,28,29);3-7,16-18H,2,8-13H2,1H3,(H,22,27);4-5H,1-3H3;1H3;;;6*1H2/q;;;;;-1;2*+1;;;;;;/p-1/t19-,20-,21+,22?;2*17-,18-,19+,20?;16-,17+,18?;;;;;;;;;;/m1111........../s1. The Kier molecular flexibility index (Phi) is 67.0. The van der Waals surface area contributed by atoms with Crippen molar-refractivity contribution in [2.75, 3.05) is 74.7 Å². The Morgan fingerprint density at radius 1 is 0.381 bits per heavy atom. The van der Waals surface area contributed by atoms with Gasteiger partial charge >= 0.3 is 101 Å². The summed E-state index contributed by atoms with van der Waals surface area (Å²) in [6, 6.07) is 35.5. The van der Waals surface area contributed by atoms with Crippen LogP contribution in [0.15, 0.2) is 121 Å². The van der Waals surface area contributed by atoms with E-state index < -0.39 is 90.2 Å². The van der Waals surface area contributed by atoms with Gasteiger partial charge in [-0.25, -0.2) is 19.2 Å². The van der Waals surface area contributed by atoms with Gasteiger partial charge in [0.1, 0.15) is 56.4 Å². The number of alkyl carbamates (subject to hydrolysis) is 4. The van der Waals surface area contributed by atoms with Crippen LogP contribution in [0, 0.1) is 23.7 Å². The molecular formula is C97H154N12Na2O22S6. The van der Waals surface area contributed by atoms with Gasteiger partial charge in [-0.05, 0) is 196 Å². The number of carbonyl (C=O) groups excluding carboxylic acids is 12. The van der Waals surface area contributed by atoms with E-state index in [4.69, 9.17) is 33.5 Å². The molecule has 6 N–H and O–H groups in total. The molecule has 15 atom stereocenters. The number of hydrogen-bond acceptors (Lipinski definition) is 25. The number of benzene rings is 4. The predicted molar refractivity (Wildman–Crippen MR) is 547 cm³/mol. The van der Waals surface area contributed by atoms with E-state index in [1.807, 2.05) is 142 Å². The maximum atomic E-state index is 13.2. The van der Waals surface area contributed by atoms with Crippen LogP contribution in [0.4, 0.5) is 19.2 Å². The van der Waals surface area contributed by atoms with E-state index in [0.717, 1.165) is 55.0 Å². The SMILES string of the molecule is CC(C)N(C)[C@@H]1CCC(N2CC[C@H](NC(=O)OCc3ccccc3)C2=O)[C@H](C(=O)O)C1.CC(C)N(C)[C@@H]1CCC(N2CC[C@H](NC(=O)OCc3ccccc3)C2=O)[C@H](C(=O)[O-])C1.CCOC(=O)[C@@H]1CC(=O)CCC1N1CC[C@H](NC(=O)OCc2ccccc2)C1=O.CCOC(=O)[C@@H]1C[C@H](N(C)C(C)C)CCC1N1CC[C@H](NC(=O)OCc2ccccc2)C1=O.CNC(C)C.C[O-].S.S.S.S.S.S.[Na+].[Na+]. The predicted octanol–water partition coefficient (Wildman–Crippen LogP) is 2.66. The zero-order valence-corrected chi connectivity index (χ0v) is 94.1. The van der Waals surface area contributed by atoms with Gasteiger partial charge in [0, 0.05) is 117 Å². The largest absolute Gasteiger partial charge is 1.00 e. The zero-order valence-electron chi connectivity index (χ0n) is 84.1. The number of hydrogen-bond donors (Lipinski definition) is 6. The van der Waals surface area contributed by atoms with Crippen LogP contribution in [0.2, 0.25) is 0 Å². The third kappa shape index (κ3) is 41.7. The molecule has 34 nitrogen and oxygen atoms in total. The van der Waals surface area contributed by atoms with Crippen molar-refractivity contribution in [1.82, 2.24) is 60.9 Å². The first kappa shape index (κ1) is 134. The minimum Gasteiger partial charge on any atom is -0.857 e. The van der Waals surface area contributed by atoms with Crippen LogP contribution in [-0.4, -0.2) is 282 Å². The molecule has 4 aromatic rings. The van der Waals surface area contributed by atoms with Crippen molar-refractivity contribution < 1.29 is 165 Å². The van der Waals surface area contributed by atoms with Gasteiger partial charge < -0.3 is 109 Å². The fourth-order valence-electron chi connectivity index (χ4n) is 18.1. The molecule has 4 aromatic carbocycles. The summed E-state index contributed by atoms with van der Waals surface area (Å²) in [5, 5.41) is 43.6. The van der Waals surface area contributed by atoms with Crippen molar-refractivity contribution in [2.45, 2.75) is 289 Å². The van der Waals surface area contributed by atoms with Gasteiger partial charge in [-0.3, -0.25) is 38.4 Å². The Bertz CT molecular complexity index is 4210. The molecule has 4 aliphatic carbocycles. The number of nitrogens with zero attached hydrogens (tertiary/aromatic N) is 7. The summed E-state index contributed by atoms with van der Waals surface area (Å²) in [6.45, 7) is 23.2. The molecular weight excluding hydrogens is 1920 g/mol. The molecule has 8 amide bonds. The quantitative estimate of drug-likeness (QED) is 0.0258. The molecule has 0 spiro atoms. The molecule has 0 bridgehead atoms. The first-order chi connectivity index (χ1) is 62.6. The second-order valence-electron chi connectivity index (χ2n) is 35.6. The number of rotatable bonds is 29. The van der Waals surface area contributed by atoms with E-state index in [-0.39, 0.29) is 257 Å². The van der Waals surface area contributed by atoms with Gasteiger partial charge in [-0.2, -0.15) is 88.1 Å². The van der Waals surface area contributed by atoms with E-state index >= 15 is 0 Å². The number of likely N-dealkylation sites (tertiary alicyclic amines) is 4. The minimum atomic E-state index is -1.11. The van der Waals surface area contributed by atoms with Gasteiger partial charge in [0.15, 0.2) is 0 Å². The number of carboxylic acid groups (broad SMARTS) is 2. The molecule has 0 radical (unpaired) electrons. The summed E-state index contributed by atoms with van der Waals surface area (Å²) in [4.78, 5) is 175. The van der Waals surface area contributed by atoms with Crippen LogP contribution in [0.25, 0.3) is 0 Å². The summed E-state index contributed by atoms with van der Waals surface area (Å²) in [5.41, 5.74) is 3.46. The number of nitrogens with one attached hydrogen (secondary N) is 5. The first-order valence-electron chi connectivity index (χ1n) is 46.3. The number of carboxylic acids is 2. The van der Waals surface area contributed by atoms with Crippen molar-refractivity contribution in [3.05, 3.63) is 144 Å². The molecule has 0 aromatic heterocycles. The Morgan fingerprint density at radius 2 is 0.626 bits per heavy atom. The number of amides is 8. The van der Waals surface area contributed by atoms with Crippen molar-refractivity contribution >= 4 is 159 Å². The number of Topliss-reactive ketones (excluding diaryl/α,β-unsaturated/α-hetero) is 1. The molecule has 772 valence electrons. The van der Waals surface area contributed by atoms with E-state index in [0.29, 0.717) is 128 Å². The number of ketones is 1. The summed E-state index contributed by atoms with van der Waals surface area (Å²) in [7, 11) is 8.81. The fraction of sp³-hybridized carbons (Fsp3) is 0.619. The number of esters is 2. The van der Waals surface area contributed by atoms with Crippen LogP contribution in [0.3, 0.4) is 0 Å². The Morgan fingerprint density at radius 3 is 0.878 bits per heavy atom. The molecule has 4 unspecified atom stereocenters. The van der Waals surface area contributed by atoms with Crippen LogP contribution < -0.4 is 95.9 Å². The van der Waals surface area contributed by atoms with E-state index in [1.165, 1.54) is 0 Å². The Balaban J connectivity index is 0. The number of carbonyl (C=O) groups is 13. The average molecular weight is 2080 g/mol. The van der Waals surface area contributed by atoms with Crippen molar-refractivity contribution in [3.63, 3.8) is 0 Å². The topological polar surface area (TPSA) is 426 Å². The second kappa shape index (κ2) is 69.3. The number of aliphatic carboxylic acids is 2. The smallest absolute Gasteiger partial charge is 0.857 e. The fourth-order valence-corrected chi connectivity index (χ4v) is 18.1. The molecule has 4 saturated carbocycles. The van der Waals surface area contributed by atoms with E-state index in [1.54, 1.807) is 33.4 Å².